The molecule has 0 aliphatic heterocycles. The van der Waals surface area contributed by atoms with Gasteiger partial charge in [0, 0.05) is 7.05 Å². The van der Waals surface area contributed by atoms with Crippen LogP contribution in [0.3, 0.4) is 0 Å². The van der Waals surface area contributed by atoms with E-state index in [0.29, 0.717) is 5.65 Å². The molecule has 0 atom stereocenters. The number of nitrogens with zero attached hydrogens (tertiary/aromatic N) is 5. The number of aromatic nitrogens is 6. The molecule has 0 saturated carbocycles. The van der Waals surface area contributed by atoms with Crippen molar-refractivity contribution in [1.82, 2.24) is 29.9 Å². The average molecular weight is 338 g/mol. The molecule has 3 aromatic heterocycles. The smallest absolute Gasteiger partial charge is 0.181 e. The van der Waals surface area contributed by atoms with Crippen LogP contribution in [0.1, 0.15) is 0 Å². The summed E-state index contributed by atoms with van der Waals surface area (Å²) in [6.45, 7) is 0. The third-order valence-corrected chi connectivity index (χ3v) is 4.40. The summed E-state index contributed by atoms with van der Waals surface area (Å²) in [5.74, 6) is 0.729. The molecular weight excluding hydrogens is 330 g/mol. The van der Waals surface area contributed by atoms with Crippen molar-refractivity contribution in [2.24, 2.45) is 0 Å². The minimum Gasteiger partial charge on any atom is -0.372 e. The molecule has 2 N–H and O–H groups in total. The van der Waals surface area contributed by atoms with E-state index in [0.717, 1.165) is 25.9 Å². The van der Waals surface area contributed by atoms with E-state index in [1.165, 1.54) is 24.4 Å². The van der Waals surface area contributed by atoms with Crippen molar-refractivity contribution in [2.75, 3.05) is 12.4 Å². The van der Waals surface area contributed by atoms with Gasteiger partial charge in [0.25, 0.3) is 0 Å². The number of aromatic amines is 1. The first-order valence-corrected chi connectivity index (χ1v) is 6.90. The topological polar surface area (TPSA) is 92.3 Å². The Kier molecular flexibility index (Phi) is 3.30. The number of hydrogen-bond donors (Lipinski definition) is 2. The molecule has 7 nitrogen and oxygen atoms in total. The molecule has 0 unspecified atom stereocenters. The molecule has 0 bridgehead atoms. The third kappa shape index (κ3) is 2.26. The number of fused-ring (bicyclic) bond motifs is 1. The van der Waals surface area contributed by atoms with Crippen molar-refractivity contribution >= 4 is 44.7 Å². The highest BCUT2D eigenvalue weighted by Gasteiger charge is 2.13. The first kappa shape index (κ1) is 12.3. The van der Waals surface area contributed by atoms with Crippen molar-refractivity contribution in [3.8, 4) is 0 Å². The minimum absolute atomic E-state index is 0.636. The maximum atomic E-state index is 4.25. The van der Waals surface area contributed by atoms with Crippen molar-refractivity contribution in [2.45, 2.75) is 10.1 Å². The van der Waals surface area contributed by atoms with Gasteiger partial charge in [-0.3, -0.25) is 0 Å². The third-order valence-electron chi connectivity index (χ3n) is 2.38. The summed E-state index contributed by atoms with van der Waals surface area (Å²) in [4.78, 5) is 23.8. The standard InChI is InChI=1S/C10H8BrN7S/c1-12-7-5(11)9(17-3-14-7)19-10-6-8(15-2-13-6)16-4-18-10/h2-4H,1H3,(H,12,14,17)(H,13,15,16,18). The molecule has 0 aliphatic rings. The first-order valence-electron chi connectivity index (χ1n) is 5.29. The van der Waals surface area contributed by atoms with Gasteiger partial charge >= 0.3 is 0 Å². The number of H-pyrrole nitrogens is 1. The van der Waals surface area contributed by atoms with Crippen LogP contribution < -0.4 is 5.32 Å². The molecule has 3 heterocycles. The van der Waals surface area contributed by atoms with Gasteiger partial charge in [0.2, 0.25) is 0 Å². The van der Waals surface area contributed by atoms with Crippen LogP contribution in [0.15, 0.2) is 33.5 Å². The van der Waals surface area contributed by atoms with Gasteiger partial charge in [-0.1, -0.05) is 0 Å². The lowest BCUT2D eigenvalue weighted by Gasteiger charge is -2.06. The van der Waals surface area contributed by atoms with Crippen LogP contribution in [-0.2, 0) is 0 Å². The van der Waals surface area contributed by atoms with E-state index in [9.17, 15) is 0 Å². The van der Waals surface area contributed by atoms with Gasteiger partial charge in [-0.2, -0.15) is 0 Å². The second kappa shape index (κ2) is 5.10. The fourth-order valence-electron chi connectivity index (χ4n) is 1.51. The van der Waals surface area contributed by atoms with E-state index >= 15 is 0 Å². The zero-order valence-corrected chi connectivity index (χ0v) is 12.2. The molecule has 0 aromatic carbocycles. The van der Waals surface area contributed by atoms with Gasteiger partial charge in [0.05, 0.1) is 10.8 Å². The number of imidazole rings is 1. The van der Waals surface area contributed by atoms with E-state index in [1.54, 1.807) is 13.4 Å². The van der Waals surface area contributed by atoms with Crippen LogP contribution in [0.25, 0.3) is 11.2 Å². The highest BCUT2D eigenvalue weighted by Crippen LogP contribution is 2.35. The monoisotopic (exact) mass is 337 g/mol. The summed E-state index contributed by atoms with van der Waals surface area (Å²) in [6, 6.07) is 0. The van der Waals surface area contributed by atoms with Crippen molar-refractivity contribution in [3.05, 3.63) is 23.5 Å². The molecule has 19 heavy (non-hydrogen) atoms. The number of nitrogens with one attached hydrogen (secondary N) is 2. The highest BCUT2D eigenvalue weighted by molar-refractivity contribution is 9.10. The Morgan fingerprint density at radius 1 is 1.11 bits per heavy atom. The van der Waals surface area contributed by atoms with Crippen molar-refractivity contribution < 1.29 is 0 Å². The summed E-state index contributed by atoms with van der Waals surface area (Å²) < 4.78 is 0.800. The van der Waals surface area contributed by atoms with E-state index < -0.39 is 0 Å². The first-order chi connectivity index (χ1) is 9.29. The maximum Gasteiger partial charge on any atom is 0.181 e. The second-order valence-electron chi connectivity index (χ2n) is 3.47. The molecule has 0 radical (unpaired) electrons. The highest BCUT2D eigenvalue weighted by atomic mass is 79.9. The average Bonchev–Trinajstić information content (AvgIpc) is 2.90. The lowest BCUT2D eigenvalue weighted by atomic mass is 10.6. The van der Waals surface area contributed by atoms with Gasteiger partial charge in [-0.15, -0.1) is 0 Å². The van der Waals surface area contributed by atoms with Gasteiger partial charge in [-0.25, -0.2) is 24.9 Å². The van der Waals surface area contributed by atoms with Gasteiger partial charge in [0.1, 0.15) is 34.0 Å². The Bertz CT molecular complexity index is 729. The molecule has 0 spiro atoms. The van der Waals surface area contributed by atoms with Gasteiger partial charge < -0.3 is 10.3 Å². The van der Waals surface area contributed by atoms with Crippen LogP contribution in [-0.4, -0.2) is 37.0 Å². The number of anilines is 1. The Hall–Kier alpha value is -1.74. The molecule has 0 amide bonds. The second-order valence-corrected chi connectivity index (χ2v) is 5.24. The fraction of sp³-hybridized carbons (Fsp3) is 0.100. The zero-order valence-electron chi connectivity index (χ0n) is 9.75. The molecule has 3 rings (SSSR count). The summed E-state index contributed by atoms with van der Waals surface area (Å²) in [7, 11) is 1.80. The molecule has 96 valence electrons. The molecule has 0 saturated heterocycles. The molecular formula is C10H8BrN7S. The molecule has 3 aromatic rings. The number of hydrogen-bond acceptors (Lipinski definition) is 7. The number of halogens is 1. The summed E-state index contributed by atoms with van der Waals surface area (Å²) >= 11 is 4.89. The lowest BCUT2D eigenvalue weighted by Crippen LogP contribution is -1.96. The van der Waals surface area contributed by atoms with Crippen LogP contribution in [0.4, 0.5) is 5.82 Å². The van der Waals surface area contributed by atoms with Crippen molar-refractivity contribution in [3.63, 3.8) is 0 Å². The summed E-state index contributed by atoms with van der Waals surface area (Å²) in [6.07, 6.45) is 4.58. The Labute approximate surface area is 120 Å². The van der Waals surface area contributed by atoms with E-state index in [-0.39, 0.29) is 0 Å². The largest absolute Gasteiger partial charge is 0.372 e. The van der Waals surface area contributed by atoms with E-state index in [2.05, 4.69) is 51.2 Å². The summed E-state index contributed by atoms with van der Waals surface area (Å²) in [5, 5.41) is 4.53. The zero-order chi connectivity index (χ0) is 13.2. The van der Waals surface area contributed by atoms with Crippen LogP contribution >= 0.6 is 27.7 Å². The SMILES string of the molecule is CNc1ncnc(Sc2ncnc3nc[nH]c23)c1Br. The predicted molar refractivity (Wildman–Crippen MR) is 75.1 cm³/mol. The van der Waals surface area contributed by atoms with Gasteiger partial charge in [-0.05, 0) is 27.7 Å². The Balaban J connectivity index is 2.04. The predicted octanol–water partition coefficient (Wildman–Crippen LogP) is 2.10. The minimum atomic E-state index is 0.636. The van der Waals surface area contributed by atoms with Crippen LogP contribution in [0.5, 0.6) is 0 Å². The van der Waals surface area contributed by atoms with E-state index in [1.807, 2.05) is 0 Å². The fourth-order valence-corrected chi connectivity index (χ4v) is 2.98. The number of rotatable bonds is 3. The van der Waals surface area contributed by atoms with Crippen LogP contribution in [0, 0.1) is 0 Å². The van der Waals surface area contributed by atoms with Gasteiger partial charge in [0.15, 0.2) is 5.65 Å². The van der Waals surface area contributed by atoms with Crippen LogP contribution in [0.2, 0.25) is 0 Å². The lowest BCUT2D eigenvalue weighted by molar-refractivity contribution is 1.01. The van der Waals surface area contributed by atoms with E-state index in [4.69, 9.17) is 0 Å². The molecule has 9 heteroatoms. The van der Waals surface area contributed by atoms with Crippen molar-refractivity contribution in [1.29, 1.82) is 0 Å². The molecule has 0 fully saturated rings. The Morgan fingerprint density at radius 2 is 1.89 bits per heavy atom. The normalized spacial score (nSPS) is 10.8. The Morgan fingerprint density at radius 3 is 2.74 bits per heavy atom. The summed E-state index contributed by atoms with van der Waals surface area (Å²) in [5.41, 5.74) is 1.43. The molecule has 0 aliphatic carbocycles. The quantitative estimate of drug-likeness (QED) is 0.707. The maximum absolute atomic E-state index is 4.25.